The van der Waals surface area contributed by atoms with Gasteiger partial charge in [0.2, 0.25) is 6.41 Å². The molecule has 3 nitrogen and oxygen atoms in total. The normalized spacial score (nSPS) is 14.8. The van der Waals surface area contributed by atoms with Gasteiger partial charge < -0.3 is 5.32 Å². The van der Waals surface area contributed by atoms with E-state index in [0.29, 0.717) is 12.2 Å². The Bertz CT molecular complexity index is 185. The van der Waals surface area contributed by atoms with E-state index in [2.05, 4.69) is 17.2 Å². The summed E-state index contributed by atoms with van der Waals surface area (Å²) in [5.41, 5.74) is 0. The lowest BCUT2D eigenvalue weighted by atomic mass is 10.3. The molecule has 0 rings (SSSR count). The van der Waals surface area contributed by atoms with Crippen LogP contribution in [0.2, 0.25) is 0 Å². The standard InChI is InChI=1S/C9H16N2O/c1-4-6-9(10-7-12)11-8(3)5-2/h4,6-8H,5H2,1-3H3,(H,10,11,12). The van der Waals surface area contributed by atoms with Gasteiger partial charge in [0.15, 0.2) is 0 Å². The first-order chi connectivity index (χ1) is 5.74. The molecule has 0 aliphatic carbocycles. The van der Waals surface area contributed by atoms with Gasteiger partial charge in [-0.05, 0) is 26.3 Å². The maximum Gasteiger partial charge on any atom is 0.212 e. The van der Waals surface area contributed by atoms with Gasteiger partial charge in [-0.3, -0.25) is 9.79 Å². The van der Waals surface area contributed by atoms with E-state index in [-0.39, 0.29) is 6.04 Å². The molecule has 0 aromatic rings. The third kappa shape index (κ3) is 4.66. The number of nitrogens with zero attached hydrogens (tertiary/aromatic N) is 1. The summed E-state index contributed by atoms with van der Waals surface area (Å²) >= 11 is 0. The predicted molar refractivity (Wildman–Crippen MR) is 51.2 cm³/mol. The molecule has 1 atom stereocenters. The lowest BCUT2D eigenvalue weighted by Crippen LogP contribution is -2.21. The Balaban J connectivity index is 4.25. The molecule has 0 bridgehead atoms. The first kappa shape index (κ1) is 10.9. The maximum absolute atomic E-state index is 10.1. The zero-order valence-electron chi connectivity index (χ0n) is 7.87. The summed E-state index contributed by atoms with van der Waals surface area (Å²) in [7, 11) is 0. The Hall–Kier alpha value is -1.12. The summed E-state index contributed by atoms with van der Waals surface area (Å²) in [6, 6.07) is 0.253. The van der Waals surface area contributed by atoms with Crippen molar-refractivity contribution in [3.8, 4) is 0 Å². The first-order valence-electron chi connectivity index (χ1n) is 4.15. The summed E-state index contributed by atoms with van der Waals surface area (Å²) < 4.78 is 0. The average molecular weight is 168 g/mol. The van der Waals surface area contributed by atoms with Gasteiger partial charge in [0.25, 0.3) is 0 Å². The van der Waals surface area contributed by atoms with Crippen LogP contribution in [-0.2, 0) is 4.79 Å². The number of allylic oxidation sites excluding steroid dienone is 1. The van der Waals surface area contributed by atoms with Gasteiger partial charge in [-0.15, -0.1) is 0 Å². The van der Waals surface area contributed by atoms with Gasteiger partial charge in [-0.1, -0.05) is 13.0 Å². The lowest BCUT2D eigenvalue weighted by molar-refractivity contribution is -0.108. The van der Waals surface area contributed by atoms with E-state index in [9.17, 15) is 4.79 Å². The topological polar surface area (TPSA) is 41.5 Å². The van der Waals surface area contributed by atoms with Crippen molar-refractivity contribution in [3.63, 3.8) is 0 Å². The highest BCUT2D eigenvalue weighted by Gasteiger charge is 1.96. The van der Waals surface area contributed by atoms with Crippen LogP contribution in [0.1, 0.15) is 27.2 Å². The number of carbonyl (C=O) groups is 1. The number of hydrogen-bond acceptors (Lipinski definition) is 2. The highest BCUT2D eigenvalue weighted by molar-refractivity contribution is 5.99. The van der Waals surface area contributed by atoms with E-state index >= 15 is 0 Å². The molecule has 3 heteroatoms. The minimum atomic E-state index is 0.253. The monoisotopic (exact) mass is 168 g/mol. The molecule has 0 saturated carbocycles. The van der Waals surface area contributed by atoms with Crippen LogP contribution in [0.15, 0.2) is 17.1 Å². The van der Waals surface area contributed by atoms with E-state index in [1.165, 1.54) is 0 Å². The second-order valence-electron chi connectivity index (χ2n) is 2.53. The summed E-state index contributed by atoms with van der Waals surface area (Å²) in [6.07, 6.45) is 5.24. The zero-order valence-corrected chi connectivity index (χ0v) is 7.87. The molecule has 0 aromatic carbocycles. The van der Waals surface area contributed by atoms with Crippen molar-refractivity contribution in [1.29, 1.82) is 0 Å². The van der Waals surface area contributed by atoms with Crippen molar-refractivity contribution in [1.82, 2.24) is 5.32 Å². The van der Waals surface area contributed by atoms with E-state index in [4.69, 9.17) is 0 Å². The molecule has 1 N–H and O–H groups in total. The summed E-state index contributed by atoms with van der Waals surface area (Å²) in [4.78, 5) is 14.4. The van der Waals surface area contributed by atoms with Crippen molar-refractivity contribution in [3.05, 3.63) is 12.2 Å². The number of amides is 1. The Kier molecular flexibility index (Phi) is 5.97. The largest absolute Gasteiger partial charge is 0.314 e. The van der Waals surface area contributed by atoms with Crippen molar-refractivity contribution in [2.45, 2.75) is 33.2 Å². The molecular weight excluding hydrogens is 152 g/mol. The number of amidine groups is 1. The fourth-order valence-electron chi connectivity index (χ4n) is 0.675. The van der Waals surface area contributed by atoms with Gasteiger partial charge in [-0.2, -0.15) is 0 Å². The van der Waals surface area contributed by atoms with Gasteiger partial charge in [0, 0.05) is 6.04 Å². The van der Waals surface area contributed by atoms with Crippen molar-refractivity contribution in [2.24, 2.45) is 4.99 Å². The van der Waals surface area contributed by atoms with Gasteiger partial charge in [-0.25, -0.2) is 0 Å². The number of nitrogens with one attached hydrogen (secondary N) is 1. The Labute approximate surface area is 73.6 Å². The smallest absolute Gasteiger partial charge is 0.212 e. The molecule has 68 valence electrons. The minimum Gasteiger partial charge on any atom is -0.314 e. The van der Waals surface area contributed by atoms with E-state index in [1.807, 2.05) is 19.9 Å². The molecule has 0 aliphatic rings. The van der Waals surface area contributed by atoms with Gasteiger partial charge >= 0.3 is 0 Å². The Morgan fingerprint density at radius 3 is 2.75 bits per heavy atom. The fraction of sp³-hybridized carbons (Fsp3) is 0.556. The Morgan fingerprint density at radius 1 is 1.67 bits per heavy atom. The molecule has 1 amide bonds. The Morgan fingerprint density at radius 2 is 2.33 bits per heavy atom. The molecular formula is C9H16N2O. The average Bonchev–Trinajstić information content (AvgIpc) is 2.05. The summed E-state index contributed by atoms with van der Waals surface area (Å²) in [5, 5.41) is 2.53. The van der Waals surface area contributed by atoms with Crippen LogP contribution in [0.5, 0.6) is 0 Å². The summed E-state index contributed by atoms with van der Waals surface area (Å²) in [6.45, 7) is 5.96. The highest BCUT2D eigenvalue weighted by atomic mass is 16.1. The van der Waals surface area contributed by atoms with Gasteiger partial charge in [0.05, 0.1) is 0 Å². The quantitative estimate of drug-likeness (QED) is 0.386. The van der Waals surface area contributed by atoms with Crippen LogP contribution in [0.4, 0.5) is 0 Å². The van der Waals surface area contributed by atoms with Crippen LogP contribution >= 0.6 is 0 Å². The summed E-state index contributed by atoms with van der Waals surface area (Å²) in [5.74, 6) is 0.627. The highest BCUT2D eigenvalue weighted by Crippen LogP contribution is 1.95. The molecule has 0 fully saturated rings. The molecule has 0 heterocycles. The predicted octanol–water partition coefficient (Wildman–Crippen LogP) is 1.51. The first-order valence-corrected chi connectivity index (χ1v) is 4.15. The third-order valence-electron chi connectivity index (χ3n) is 1.48. The van der Waals surface area contributed by atoms with Crippen LogP contribution < -0.4 is 5.32 Å². The SMILES string of the molecule is CC=CC(=NC(C)CC)NC=O. The number of carbonyl (C=O) groups excluding carboxylic acids is 1. The number of rotatable bonds is 4. The van der Waals surface area contributed by atoms with E-state index in [0.717, 1.165) is 6.42 Å². The molecule has 0 aromatic heterocycles. The van der Waals surface area contributed by atoms with Crippen LogP contribution in [0.25, 0.3) is 0 Å². The number of aliphatic imine (C=N–C) groups is 1. The fourth-order valence-corrected chi connectivity index (χ4v) is 0.675. The van der Waals surface area contributed by atoms with Gasteiger partial charge in [0.1, 0.15) is 5.84 Å². The van der Waals surface area contributed by atoms with Crippen molar-refractivity contribution >= 4 is 12.2 Å². The van der Waals surface area contributed by atoms with Crippen LogP contribution in [0.3, 0.4) is 0 Å². The molecule has 0 radical (unpaired) electrons. The third-order valence-corrected chi connectivity index (χ3v) is 1.48. The number of hydrogen-bond donors (Lipinski definition) is 1. The minimum absolute atomic E-state index is 0.253. The molecule has 0 spiro atoms. The van der Waals surface area contributed by atoms with E-state index in [1.54, 1.807) is 6.08 Å². The lowest BCUT2D eigenvalue weighted by Gasteiger charge is -2.03. The molecule has 12 heavy (non-hydrogen) atoms. The van der Waals surface area contributed by atoms with Crippen molar-refractivity contribution in [2.75, 3.05) is 0 Å². The second-order valence-corrected chi connectivity index (χ2v) is 2.53. The second kappa shape index (κ2) is 6.58. The van der Waals surface area contributed by atoms with Crippen LogP contribution in [0, 0.1) is 0 Å². The van der Waals surface area contributed by atoms with Crippen molar-refractivity contribution < 1.29 is 4.79 Å². The van der Waals surface area contributed by atoms with E-state index < -0.39 is 0 Å². The molecule has 1 unspecified atom stereocenters. The zero-order chi connectivity index (χ0) is 9.40. The molecule has 0 aliphatic heterocycles. The maximum atomic E-state index is 10.1. The van der Waals surface area contributed by atoms with Crippen LogP contribution in [-0.4, -0.2) is 18.3 Å². The molecule has 0 saturated heterocycles.